The van der Waals surface area contributed by atoms with Crippen LogP contribution in [0.2, 0.25) is 0 Å². The van der Waals surface area contributed by atoms with Crippen molar-refractivity contribution in [1.29, 1.82) is 0 Å². The van der Waals surface area contributed by atoms with E-state index >= 15 is 0 Å². The summed E-state index contributed by atoms with van der Waals surface area (Å²) < 4.78 is 4.59. The first-order valence-corrected chi connectivity index (χ1v) is 4.95. The van der Waals surface area contributed by atoms with Crippen molar-refractivity contribution in [3.8, 4) is 0 Å². The quantitative estimate of drug-likeness (QED) is 0.417. The fourth-order valence-electron chi connectivity index (χ4n) is 2.03. The first kappa shape index (κ1) is 11.0. The van der Waals surface area contributed by atoms with Gasteiger partial charge in [-0.25, -0.2) is 0 Å². The van der Waals surface area contributed by atoms with Crippen LogP contribution >= 0.6 is 0 Å². The normalized spacial score (nSPS) is 20.9. The van der Waals surface area contributed by atoms with Crippen LogP contribution in [0.25, 0.3) is 0 Å². The molecule has 0 radical (unpaired) electrons. The largest absolute Gasteiger partial charge is 0.480 e. The van der Waals surface area contributed by atoms with Crippen LogP contribution < -0.4 is 0 Å². The van der Waals surface area contributed by atoms with Crippen molar-refractivity contribution in [2.75, 3.05) is 7.11 Å². The van der Waals surface area contributed by atoms with E-state index in [0.717, 1.165) is 25.7 Å². The van der Waals surface area contributed by atoms with E-state index in [1.54, 1.807) is 0 Å². The third kappa shape index (κ3) is 1.89. The van der Waals surface area contributed by atoms with E-state index in [1.807, 2.05) is 0 Å². The van der Waals surface area contributed by atoms with Crippen LogP contribution in [0, 0.1) is 5.41 Å². The minimum Gasteiger partial charge on any atom is -0.480 e. The monoisotopic (exact) mass is 200 g/mol. The van der Waals surface area contributed by atoms with Gasteiger partial charge < -0.3 is 9.84 Å². The molecule has 0 bridgehead atoms. The fraction of sp³-hybridized carbons (Fsp3) is 0.800. The molecule has 0 unspecified atom stereocenters. The summed E-state index contributed by atoms with van der Waals surface area (Å²) >= 11 is 0. The third-order valence-corrected chi connectivity index (χ3v) is 2.94. The molecule has 1 saturated carbocycles. The Hall–Kier alpha value is -1.06. The predicted molar refractivity (Wildman–Crippen MR) is 49.8 cm³/mol. The summed E-state index contributed by atoms with van der Waals surface area (Å²) in [6.45, 7) is 0. The van der Waals surface area contributed by atoms with Crippen molar-refractivity contribution in [3.05, 3.63) is 0 Å². The molecule has 1 aliphatic rings. The van der Waals surface area contributed by atoms with Gasteiger partial charge in [-0.15, -0.1) is 0 Å². The van der Waals surface area contributed by atoms with Gasteiger partial charge in [-0.3, -0.25) is 9.59 Å². The molecule has 4 heteroatoms. The van der Waals surface area contributed by atoms with Gasteiger partial charge in [0.15, 0.2) is 5.41 Å². The highest BCUT2D eigenvalue weighted by Crippen LogP contribution is 2.36. The van der Waals surface area contributed by atoms with E-state index in [-0.39, 0.29) is 0 Å². The number of methoxy groups -OCH3 is 1. The van der Waals surface area contributed by atoms with E-state index in [1.165, 1.54) is 7.11 Å². The molecule has 1 N–H and O–H groups in total. The van der Waals surface area contributed by atoms with Crippen molar-refractivity contribution in [2.45, 2.75) is 38.5 Å². The zero-order valence-electron chi connectivity index (χ0n) is 8.41. The minimum atomic E-state index is -1.27. The van der Waals surface area contributed by atoms with Gasteiger partial charge in [0.2, 0.25) is 0 Å². The van der Waals surface area contributed by atoms with Gasteiger partial charge in [0, 0.05) is 0 Å². The predicted octanol–water partition coefficient (Wildman–Crippen LogP) is 1.58. The molecule has 80 valence electrons. The zero-order valence-corrected chi connectivity index (χ0v) is 8.41. The molecule has 0 heterocycles. The highest BCUT2D eigenvalue weighted by atomic mass is 16.5. The van der Waals surface area contributed by atoms with Gasteiger partial charge in [0.25, 0.3) is 0 Å². The number of carbonyl (C=O) groups excluding carboxylic acids is 1. The van der Waals surface area contributed by atoms with Gasteiger partial charge in [-0.05, 0) is 12.8 Å². The molecule has 0 saturated heterocycles. The molecule has 1 aliphatic carbocycles. The maximum atomic E-state index is 11.5. The molecule has 0 aromatic heterocycles. The van der Waals surface area contributed by atoms with Crippen LogP contribution in [-0.2, 0) is 14.3 Å². The average Bonchev–Trinajstić information content (AvgIpc) is 2.42. The smallest absolute Gasteiger partial charge is 0.323 e. The van der Waals surface area contributed by atoms with Crippen LogP contribution in [0.15, 0.2) is 0 Å². The molecule has 4 nitrogen and oxygen atoms in total. The average molecular weight is 200 g/mol. The highest BCUT2D eigenvalue weighted by molar-refractivity contribution is 5.99. The number of carbonyl (C=O) groups is 2. The number of carboxylic acid groups (broad SMARTS) is 1. The third-order valence-electron chi connectivity index (χ3n) is 2.94. The number of ether oxygens (including phenoxy) is 1. The van der Waals surface area contributed by atoms with Gasteiger partial charge in [-0.2, -0.15) is 0 Å². The highest BCUT2D eigenvalue weighted by Gasteiger charge is 2.46. The molecule has 0 spiro atoms. The van der Waals surface area contributed by atoms with Crippen LogP contribution in [0.3, 0.4) is 0 Å². The van der Waals surface area contributed by atoms with Crippen LogP contribution in [-0.4, -0.2) is 24.2 Å². The van der Waals surface area contributed by atoms with E-state index in [0.29, 0.717) is 12.8 Å². The fourth-order valence-corrected chi connectivity index (χ4v) is 2.03. The first-order chi connectivity index (χ1) is 6.63. The summed E-state index contributed by atoms with van der Waals surface area (Å²) in [7, 11) is 1.25. The summed E-state index contributed by atoms with van der Waals surface area (Å²) in [6.07, 6.45) is 4.42. The van der Waals surface area contributed by atoms with Crippen LogP contribution in [0.4, 0.5) is 0 Å². The second-order valence-electron chi connectivity index (χ2n) is 3.79. The van der Waals surface area contributed by atoms with Crippen molar-refractivity contribution in [2.24, 2.45) is 5.41 Å². The summed E-state index contributed by atoms with van der Waals surface area (Å²) in [4.78, 5) is 22.6. The molecular formula is C10H16O4. The maximum absolute atomic E-state index is 11.5. The lowest BCUT2D eigenvalue weighted by molar-refractivity contribution is -0.168. The molecule has 0 aromatic rings. The standard InChI is InChI=1S/C10H16O4/c1-14-9(13)10(8(11)12)6-4-2-3-5-7-10/h2-7H2,1H3,(H,11,12). The van der Waals surface area contributed by atoms with Crippen molar-refractivity contribution in [3.63, 3.8) is 0 Å². The van der Waals surface area contributed by atoms with Crippen LogP contribution in [0.5, 0.6) is 0 Å². The van der Waals surface area contributed by atoms with Gasteiger partial charge in [0.05, 0.1) is 7.11 Å². The Labute approximate surface area is 83.2 Å². The number of esters is 1. The van der Waals surface area contributed by atoms with E-state index in [4.69, 9.17) is 5.11 Å². The lowest BCUT2D eigenvalue weighted by Gasteiger charge is -2.24. The Morgan fingerprint density at radius 1 is 1.14 bits per heavy atom. The Morgan fingerprint density at radius 2 is 1.64 bits per heavy atom. The molecule has 0 aromatic carbocycles. The molecular weight excluding hydrogens is 184 g/mol. The molecule has 14 heavy (non-hydrogen) atoms. The molecule has 0 atom stereocenters. The zero-order chi connectivity index (χ0) is 10.6. The lowest BCUT2D eigenvalue weighted by atomic mass is 9.80. The SMILES string of the molecule is COC(=O)C1(C(=O)O)CCCCCC1. The van der Waals surface area contributed by atoms with Crippen molar-refractivity contribution >= 4 is 11.9 Å². The van der Waals surface area contributed by atoms with E-state index in [9.17, 15) is 9.59 Å². The first-order valence-electron chi connectivity index (χ1n) is 4.95. The number of aliphatic carboxylic acids is 1. The van der Waals surface area contributed by atoms with Gasteiger partial charge in [0.1, 0.15) is 0 Å². The summed E-state index contributed by atoms with van der Waals surface area (Å²) in [5, 5.41) is 9.11. The Balaban J connectivity index is 2.88. The van der Waals surface area contributed by atoms with E-state index in [2.05, 4.69) is 4.74 Å². The van der Waals surface area contributed by atoms with Crippen molar-refractivity contribution < 1.29 is 19.4 Å². The summed E-state index contributed by atoms with van der Waals surface area (Å²) in [6, 6.07) is 0. The Morgan fingerprint density at radius 3 is 2.00 bits per heavy atom. The summed E-state index contributed by atoms with van der Waals surface area (Å²) in [5.74, 6) is -1.63. The van der Waals surface area contributed by atoms with Gasteiger partial charge in [-0.1, -0.05) is 25.7 Å². The molecule has 0 amide bonds. The van der Waals surface area contributed by atoms with Crippen molar-refractivity contribution in [1.82, 2.24) is 0 Å². The summed E-state index contributed by atoms with van der Waals surface area (Å²) in [5.41, 5.74) is -1.27. The minimum absolute atomic E-state index is 0.412. The molecule has 0 aliphatic heterocycles. The molecule has 1 fully saturated rings. The van der Waals surface area contributed by atoms with E-state index < -0.39 is 17.4 Å². The van der Waals surface area contributed by atoms with Gasteiger partial charge >= 0.3 is 11.9 Å². The Bertz CT molecular complexity index is 226. The number of rotatable bonds is 2. The lowest BCUT2D eigenvalue weighted by Crippen LogP contribution is -2.39. The topological polar surface area (TPSA) is 63.6 Å². The number of hydrogen-bond donors (Lipinski definition) is 1. The second-order valence-corrected chi connectivity index (χ2v) is 3.79. The number of carboxylic acids is 1. The molecule has 1 rings (SSSR count). The number of hydrogen-bond acceptors (Lipinski definition) is 3. The second kappa shape index (κ2) is 4.44. The maximum Gasteiger partial charge on any atom is 0.323 e. The van der Waals surface area contributed by atoms with Crippen LogP contribution in [0.1, 0.15) is 38.5 Å². The Kier molecular flexibility index (Phi) is 3.49.